The Hall–Kier alpha value is -1.77. The lowest BCUT2D eigenvalue weighted by atomic mass is 10.0. The van der Waals surface area contributed by atoms with Gasteiger partial charge in [0.15, 0.2) is 0 Å². The van der Waals surface area contributed by atoms with E-state index in [1.807, 2.05) is 24.3 Å². The zero-order chi connectivity index (χ0) is 14.0. The van der Waals surface area contributed by atoms with Crippen LogP contribution in [0.15, 0.2) is 30.3 Å². The highest BCUT2D eigenvalue weighted by Crippen LogP contribution is 2.28. The van der Waals surface area contributed by atoms with E-state index in [9.17, 15) is 5.11 Å². The van der Waals surface area contributed by atoms with Gasteiger partial charge in [-0.3, -0.25) is 0 Å². The normalized spacial score (nSPS) is 21.8. The van der Waals surface area contributed by atoms with E-state index in [0.717, 1.165) is 34.6 Å². The van der Waals surface area contributed by atoms with Gasteiger partial charge in [-0.05, 0) is 42.5 Å². The van der Waals surface area contributed by atoms with Crippen LogP contribution in [0.5, 0.6) is 0 Å². The number of nitrogens with zero attached hydrogens (tertiary/aromatic N) is 2. The van der Waals surface area contributed by atoms with Gasteiger partial charge in [-0.1, -0.05) is 0 Å². The minimum absolute atomic E-state index is 0.523. The largest absolute Gasteiger partial charge is 0.387 e. The fraction of sp³-hybridized carbons (Fsp3) is 0.333. The Balaban J connectivity index is 1.77. The van der Waals surface area contributed by atoms with Gasteiger partial charge in [-0.15, -0.1) is 0 Å². The van der Waals surface area contributed by atoms with Crippen molar-refractivity contribution < 1.29 is 5.11 Å². The molecule has 1 fully saturated rings. The molecule has 102 valence electrons. The summed E-state index contributed by atoms with van der Waals surface area (Å²) in [5, 5.41) is 23.3. The molecule has 2 N–H and O–H groups in total. The predicted octanol–water partition coefficient (Wildman–Crippen LogP) is 2.39. The highest BCUT2D eigenvalue weighted by atomic mass is 32.2. The van der Waals surface area contributed by atoms with E-state index < -0.39 is 5.60 Å². The molecule has 0 aliphatic carbocycles. The quantitative estimate of drug-likeness (QED) is 0.906. The van der Waals surface area contributed by atoms with Crippen LogP contribution < -0.4 is 5.32 Å². The van der Waals surface area contributed by atoms with Crippen LogP contribution in [-0.2, 0) is 0 Å². The Morgan fingerprint density at radius 1 is 1.40 bits per heavy atom. The molecule has 2 heterocycles. The minimum atomic E-state index is -0.619. The Morgan fingerprint density at radius 2 is 2.30 bits per heavy atom. The average molecular weight is 285 g/mol. The first-order chi connectivity index (χ1) is 9.68. The highest BCUT2D eigenvalue weighted by molar-refractivity contribution is 7.99. The van der Waals surface area contributed by atoms with Crippen LogP contribution in [0.25, 0.3) is 10.9 Å². The number of pyridine rings is 1. The molecule has 0 spiro atoms. The summed E-state index contributed by atoms with van der Waals surface area (Å²) in [5.74, 6) is 2.55. The van der Waals surface area contributed by atoms with Crippen molar-refractivity contribution in [2.75, 3.05) is 23.4 Å². The molecule has 2 aromatic rings. The summed E-state index contributed by atoms with van der Waals surface area (Å²) >= 11 is 1.78. The molecule has 1 atom stereocenters. The number of aliphatic hydroxyl groups is 1. The third-order valence-electron chi connectivity index (χ3n) is 3.50. The van der Waals surface area contributed by atoms with Crippen molar-refractivity contribution in [2.45, 2.75) is 12.0 Å². The lowest BCUT2D eigenvalue weighted by molar-refractivity contribution is 0.0819. The molecular formula is C15H15N3OS. The van der Waals surface area contributed by atoms with E-state index in [4.69, 9.17) is 5.26 Å². The summed E-state index contributed by atoms with van der Waals surface area (Å²) in [6.07, 6.45) is 0.823. The van der Waals surface area contributed by atoms with Gasteiger partial charge in [0.1, 0.15) is 5.82 Å². The molecule has 1 aromatic carbocycles. The Morgan fingerprint density at radius 3 is 3.05 bits per heavy atom. The van der Waals surface area contributed by atoms with Crippen LogP contribution in [-0.4, -0.2) is 33.7 Å². The molecule has 1 aromatic heterocycles. The van der Waals surface area contributed by atoms with Crippen molar-refractivity contribution in [2.24, 2.45) is 0 Å². The number of nitriles is 1. The molecule has 0 radical (unpaired) electrons. The number of aromatic nitrogens is 1. The molecule has 0 bridgehead atoms. The second-order valence-corrected chi connectivity index (χ2v) is 6.20. The number of nitrogens with one attached hydrogen (secondary N) is 1. The van der Waals surface area contributed by atoms with Gasteiger partial charge in [-0.2, -0.15) is 17.0 Å². The van der Waals surface area contributed by atoms with E-state index in [0.29, 0.717) is 12.1 Å². The third-order valence-corrected chi connectivity index (χ3v) is 4.73. The number of anilines is 1. The first kappa shape index (κ1) is 13.2. The molecule has 1 aliphatic rings. The van der Waals surface area contributed by atoms with E-state index in [1.165, 1.54) is 0 Å². The van der Waals surface area contributed by atoms with Crippen LogP contribution in [0.1, 0.15) is 12.0 Å². The maximum absolute atomic E-state index is 10.3. The van der Waals surface area contributed by atoms with E-state index in [-0.39, 0.29) is 0 Å². The maximum atomic E-state index is 10.3. The van der Waals surface area contributed by atoms with Gasteiger partial charge in [0, 0.05) is 17.7 Å². The van der Waals surface area contributed by atoms with Crippen molar-refractivity contribution in [3.8, 4) is 6.07 Å². The molecule has 0 amide bonds. The van der Waals surface area contributed by atoms with Crippen LogP contribution >= 0.6 is 11.8 Å². The molecule has 0 saturated carbocycles. The van der Waals surface area contributed by atoms with Gasteiger partial charge in [0.25, 0.3) is 0 Å². The third kappa shape index (κ3) is 2.72. The van der Waals surface area contributed by atoms with Crippen molar-refractivity contribution >= 4 is 28.5 Å². The van der Waals surface area contributed by atoms with Gasteiger partial charge < -0.3 is 10.4 Å². The molecule has 4 nitrogen and oxygen atoms in total. The molecular weight excluding hydrogens is 270 g/mol. The molecule has 5 heteroatoms. The monoisotopic (exact) mass is 285 g/mol. The zero-order valence-corrected chi connectivity index (χ0v) is 11.8. The number of hydrogen-bond donors (Lipinski definition) is 2. The lowest BCUT2D eigenvalue weighted by Gasteiger charge is -2.21. The molecule has 3 rings (SSSR count). The summed E-state index contributed by atoms with van der Waals surface area (Å²) in [7, 11) is 0. The van der Waals surface area contributed by atoms with Gasteiger partial charge in [0.2, 0.25) is 0 Å². The first-order valence-corrected chi connectivity index (χ1v) is 7.69. The minimum Gasteiger partial charge on any atom is -0.387 e. The smallest absolute Gasteiger partial charge is 0.126 e. The van der Waals surface area contributed by atoms with Gasteiger partial charge in [-0.25, -0.2) is 4.98 Å². The van der Waals surface area contributed by atoms with Crippen molar-refractivity contribution in [3.05, 3.63) is 35.9 Å². The number of thioether (sulfide) groups is 1. The van der Waals surface area contributed by atoms with Gasteiger partial charge >= 0.3 is 0 Å². The number of fused-ring (bicyclic) bond motifs is 1. The Bertz CT molecular complexity index is 674. The zero-order valence-electron chi connectivity index (χ0n) is 11.0. The Labute approximate surface area is 121 Å². The van der Waals surface area contributed by atoms with E-state index in [2.05, 4.69) is 16.4 Å². The predicted molar refractivity (Wildman–Crippen MR) is 81.8 cm³/mol. The van der Waals surface area contributed by atoms with Crippen LogP contribution in [0, 0.1) is 11.3 Å². The van der Waals surface area contributed by atoms with E-state index in [1.54, 1.807) is 17.8 Å². The number of rotatable bonds is 3. The summed E-state index contributed by atoms with van der Waals surface area (Å²) in [4.78, 5) is 4.50. The molecule has 1 unspecified atom stereocenters. The van der Waals surface area contributed by atoms with Crippen LogP contribution in [0.4, 0.5) is 5.82 Å². The molecule has 20 heavy (non-hydrogen) atoms. The van der Waals surface area contributed by atoms with Crippen LogP contribution in [0.2, 0.25) is 0 Å². The summed E-state index contributed by atoms with van der Waals surface area (Å²) in [6.45, 7) is 0.523. The average Bonchev–Trinajstić information content (AvgIpc) is 2.91. The lowest BCUT2D eigenvalue weighted by Crippen LogP contribution is -2.36. The summed E-state index contributed by atoms with van der Waals surface area (Å²) < 4.78 is 0. The Kier molecular flexibility index (Phi) is 3.51. The second-order valence-electron chi connectivity index (χ2n) is 5.10. The summed E-state index contributed by atoms with van der Waals surface area (Å²) in [6, 6.07) is 11.4. The van der Waals surface area contributed by atoms with Crippen molar-refractivity contribution in [1.82, 2.24) is 4.98 Å². The molecule has 1 aliphatic heterocycles. The van der Waals surface area contributed by atoms with Crippen molar-refractivity contribution in [1.29, 1.82) is 5.26 Å². The first-order valence-electron chi connectivity index (χ1n) is 6.53. The fourth-order valence-corrected chi connectivity index (χ4v) is 3.58. The van der Waals surface area contributed by atoms with Crippen molar-refractivity contribution in [3.63, 3.8) is 0 Å². The summed E-state index contributed by atoms with van der Waals surface area (Å²) in [5.41, 5.74) is 0.866. The SMILES string of the molecule is N#Cc1ccc2nc(NCC3(O)CCSC3)ccc2c1. The highest BCUT2D eigenvalue weighted by Gasteiger charge is 2.31. The van der Waals surface area contributed by atoms with Gasteiger partial charge in [0.05, 0.1) is 22.8 Å². The number of benzene rings is 1. The van der Waals surface area contributed by atoms with Crippen LogP contribution in [0.3, 0.4) is 0 Å². The number of hydrogen-bond acceptors (Lipinski definition) is 5. The second kappa shape index (κ2) is 5.31. The fourth-order valence-electron chi connectivity index (χ4n) is 2.28. The van der Waals surface area contributed by atoms with E-state index >= 15 is 0 Å². The molecule has 1 saturated heterocycles. The standard InChI is InChI=1S/C15H15N3OS/c16-8-11-1-3-13-12(7-11)2-4-14(18-13)17-9-15(19)5-6-20-10-15/h1-4,7,19H,5-6,9-10H2,(H,17,18). The maximum Gasteiger partial charge on any atom is 0.126 e. The topological polar surface area (TPSA) is 68.9 Å².